The number of hydrogen-bond donors (Lipinski definition) is 2. The second-order valence-electron chi connectivity index (χ2n) is 7.48. The molecule has 31 heavy (non-hydrogen) atoms. The first-order chi connectivity index (χ1) is 14.8. The van der Waals surface area contributed by atoms with Crippen LogP contribution < -0.4 is 10.1 Å². The minimum atomic E-state index is -0.993. The maximum absolute atomic E-state index is 13.0. The summed E-state index contributed by atoms with van der Waals surface area (Å²) in [6.45, 7) is 5.90. The van der Waals surface area contributed by atoms with Gasteiger partial charge >= 0.3 is 5.97 Å². The van der Waals surface area contributed by atoms with Crippen LogP contribution in [0.25, 0.3) is 11.3 Å². The molecule has 0 spiro atoms. The minimum Gasteiger partial charge on any atom is -0.494 e. The molecule has 0 aliphatic rings. The summed E-state index contributed by atoms with van der Waals surface area (Å²) in [7, 11) is 1.56. The Morgan fingerprint density at radius 3 is 2.39 bits per heavy atom. The van der Waals surface area contributed by atoms with Gasteiger partial charge in [-0.3, -0.25) is 9.59 Å². The van der Waals surface area contributed by atoms with Crippen LogP contribution in [-0.2, 0) is 4.79 Å². The summed E-state index contributed by atoms with van der Waals surface area (Å²) in [4.78, 5) is 29.0. The lowest BCUT2D eigenvalue weighted by Gasteiger charge is -2.20. The van der Waals surface area contributed by atoms with Crippen molar-refractivity contribution in [3.63, 3.8) is 0 Å². The number of methoxy groups -OCH3 is 1. The summed E-state index contributed by atoms with van der Waals surface area (Å²) in [6.07, 6.45) is -0.226. The molecule has 0 aliphatic heterocycles. The van der Waals surface area contributed by atoms with Crippen molar-refractivity contribution in [2.75, 3.05) is 7.11 Å². The third-order valence-corrected chi connectivity index (χ3v) is 5.42. The van der Waals surface area contributed by atoms with E-state index in [9.17, 15) is 14.7 Å². The molecule has 6 nitrogen and oxygen atoms in total. The summed E-state index contributed by atoms with van der Waals surface area (Å²) in [5, 5.41) is 12.2. The minimum absolute atomic E-state index is 0.195. The smallest absolute Gasteiger partial charge is 0.305 e. The van der Waals surface area contributed by atoms with Gasteiger partial charge in [0.1, 0.15) is 17.1 Å². The van der Waals surface area contributed by atoms with Gasteiger partial charge in [-0.25, -0.2) is 4.98 Å². The fraction of sp³-hybridized carbons (Fsp3) is 0.240. The molecular formula is C25H26N2O4. The van der Waals surface area contributed by atoms with Crippen LogP contribution in [0.3, 0.4) is 0 Å². The molecule has 1 aromatic heterocycles. The number of hydrogen-bond acceptors (Lipinski definition) is 4. The summed E-state index contributed by atoms with van der Waals surface area (Å²) in [5.41, 5.74) is 5.48. The Labute approximate surface area is 181 Å². The van der Waals surface area contributed by atoms with E-state index in [-0.39, 0.29) is 12.1 Å². The second-order valence-corrected chi connectivity index (χ2v) is 7.48. The highest BCUT2D eigenvalue weighted by Crippen LogP contribution is 2.32. The molecule has 0 fully saturated rings. The van der Waals surface area contributed by atoms with E-state index in [0.29, 0.717) is 11.4 Å². The van der Waals surface area contributed by atoms with Crippen molar-refractivity contribution in [3.05, 3.63) is 82.5 Å². The van der Waals surface area contributed by atoms with Gasteiger partial charge in [0, 0.05) is 5.56 Å². The maximum atomic E-state index is 13.0. The van der Waals surface area contributed by atoms with Crippen molar-refractivity contribution >= 4 is 11.9 Å². The largest absolute Gasteiger partial charge is 0.494 e. The van der Waals surface area contributed by atoms with Gasteiger partial charge in [-0.15, -0.1) is 0 Å². The van der Waals surface area contributed by atoms with E-state index in [1.807, 2.05) is 63.2 Å². The van der Waals surface area contributed by atoms with Crippen LogP contribution in [0.5, 0.6) is 5.75 Å². The summed E-state index contributed by atoms with van der Waals surface area (Å²) >= 11 is 0. The Morgan fingerprint density at radius 1 is 1.00 bits per heavy atom. The lowest BCUT2D eigenvalue weighted by Crippen LogP contribution is -2.31. The SMILES string of the molecule is COc1ccc(C(=O)N[C@@H](CC(=O)O)c2ccccc2C)nc1-c1cccc(C)c1C. The first kappa shape index (κ1) is 22.0. The van der Waals surface area contributed by atoms with Crippen molar-refractivity contribution in [2.45, 2.75) is 33.2 Å². The van der Waals surface area contributed by atoms with Crippen molar-refractivity contribution in [1.82, 2.24) is 10.3 Å². The van der Waals surface area contributed by atoms with Crippen molar-refractivity contribution in [3.8, 4) is 17.0 Å². The predicted octanol–water partition coefficient (Wildman–Crippen LogP) is 4.63. The van der Waals surface area contributed by atoms with Gasteiger partial charge in [0.05, 0.1) is 19.6 Å². The van der Waals surface area contributed by atoms with Crippen molar-refractivity contribution in [2.24, 2.45) is 0 Å². The number of ether oxygens (including phenoxy) is 1. The normalized spacial score (nSPS) is 11.6. The highest BCUT2D eigenvalue weighted by Gasteiger charge is 2.22. The van der Waals surface area contributed by atoms with Crippen molar-refractivity contribution in [1.29, 1.82) is 0 Å². The van der Waals surface area contributed by atoms with E-state index in [4.69, 9.17) is 4.74 Å². The number of nitrogens with zero attached hydrogens (tertiary/aromatic N) is 1. The van der Waals surface area contributed by atoms with Gasteiger partial charge in [-0.05, 0) is 55.2 Å². The van der Waals surface area contributed by atoms with Gasteiger partial charge in [-0.1, -0.05) is 42.5 Å². The highest BCUT2D eigenvalue weighted by atomic mass is 16.5. The van der Waals surface area contributed by atoms with E-state index >= 15 is 0 Å². The molecule has 2 aromatic carbocycles. The van der Waals surface area contributed by atoms with Crippen LogP contribution in [-0.4, -0.2) is 29.1 Å². The van der Waals surface area contributed by atoms with Crippen molar-refractivity contribution < 1.29 is 19.4 Å². The number of pyridine rings is 1. The van der Waals surface area contributed by atoms with Gasteiger partial charge in [0.15, 0.2) is 0 Å². The van der Waals surface area contributed by atoms with Crippen LogP contribution in [0.2, 0.25) is 0 Å². The Hall–Kier alpha value is -3.67. The van der Waals surface area contributed by atoms with E-state index in [0.717, 1.165) is 27.8 Å². The molecule has 3 rings (SSSR count). The molecule has 1 amide bonds. The molecular weight excluding hydrogens is 392 g/mol. The zero-order chi connectivity index (χ0) is 22.5. The average molecular weight is 418 g/mol. The molecule has 0 radical (unpaired) electrons. The van der Waals surface area contributed by atoms with E-state index < -0.39 is 17.9 Å². The predicted molar refractivity (Wildman–Crippen MR) is 119 cm³/mol. The molecule has 0 saturated heterocycles. The number of rotatable bonds is 7. The first-order valence-electron chi connectivity index (χ1n) is 10.0. The number of aliphatic carboxylic acids is 1. The van der Waals surface area contributed by atoms with E-state index in [1.165, 1.54) is 0 Å². The number of carboxylic acid groups (broad SMARTS) is 1. The number of amides is 1. The number of nitrogens with one attached hydrogen (secondary N) is 1. The Bertz CT molecular complexity index is 1120. The zero-order valence-corrected chi connectivity index (χ0v) is 18.1. The monoisotopic (exact) mass is 418 g/mol. The number of benzene rings is 2. The molecule has 0 saturated carbocycles. The first-order valence-corrected chi connectivity index (χ1v) is 10.0. The van der Waals surface area contributed by atoms with Crippen LogP contribution in [0, 0.1) is 20.8 Å². The molecule has 160 valence electrons. The Kier molecular flexibility index (Phi) is 6.70. The summed E-state index contributed by atoms with van der Waals surface area (Å²) < 4.78 is 5.48. The summed E-state index contributed by atoms with van der Waals surface area (Å²) in [6, 6.07) is 15.9. The fourth-order valence-electron chi connectivity index (χ4n) is 3.56. The third kappa shape index (κ3) is 4.91. The van der Waals surface area contributed by atoms with E-state index in [2.05, 4.69) is 10.3 Å². The molecule has 1 heterocycles. The maximum Gasteiger partial charge on any atom is 0.305 e. The van der Waals surface area contributed by atoms with Crippen LogP contribution >= 0.6 is 0 Å². The topological polar surface area (TPSA) is 88.5 Å². The average Bonchev–Trinajstić information content (AvgIpc) is 2.74. The zero-order valence-electron chi connectivity index (χ0n) is 18.1. The molecule has 0 bridgehead atoms. The van der Waals surface area contributed by atoms with Crippen LogP contribution in [0.15, 0.2) is 54.6 Å². The lowest BCUT2D eigenvalue weighted by atomic mass is 9.98. The molecule has 0 unspecified atom stereocenters. The number of carbonyl (C=O) groups is 2. The molecule has 6 heteroatoms. The standard InChI is InChI=1S/C25H26N2O4/c1-15-9-7-11-19(17(15)3)24-22(31-4)13-12-20(26-24)25(30)27-21(14-23(28)29)18-10-6-5-8-16(18)2/h5-13,21H,14H2,1-4H3,(H,27,30)(H,28,29)/t21-/m0/s1. The highest BCUT2D eigenvalue weighted by molar-refractivity contribution is 5.94. The number of carboxylic acids is 1. The number of aryl methyl sites for hydroxylation is 2. The van der Waals surface area contributed by atoms with E-state index in [1.54, 1.807) is 19.2 Å². The van der Waals surface area contributed by atoms with Crippen LogP contribution in [0.4, 0.5) is 0 Å². The second kappa shape index (κ2) is 9.43. The fourth-order valence-corrected chi connectivity index (χ4v) is 3.56. The quantitative estimate of drug-likeness (QED) is 0.584. The number of aromatic nitrogens is 1. The third-order valence-electron chi connectivity index (χ3n) is 5.42. The Morgan fingerprint density at radius 2 is 1.71 bits per heavy atom. The number of carbonyl (C=O) groups excluding carboxylic acids is 1. The van der Waals surface area contributed by atoms with Gasteiger partial charge in [0.2, 0.25) is 0 Å². The Balaban J connectivity index is 1.98. The molecule has 0 aliphatic carbocycles. The molecule has 2 N–H and O–H groups in total. The molecule has 3 aromatic rings. The van der Waals surface area contributed by atoms with Gasteiger partial charge in [0.25, 0.3) is 5.91 Å². The molecule has 1 atom stereocenters. The van der Waals surface area contributed by atoms with Gasteiger partial charge in [-0.2, -0.15) is 0 Å². The van der Waals surface area contributed by atoms with Crippen LogP contribution in [0.1, 0.15) is 45.2 Å². The summed E-state index contributed by atoms with van der Waals surface area (Å²) in [5.74, 6) is -0.873. The lowest BCUT2D eigenvalue weighted by molar-refractivity contribution is -0.137. The van der Waals surface area contributed by atoms with Gasteiger partial charge < -0.3 is 15.2 Å².